The van der Waals surface area contributed by atoms with Gasteiger partial charge >= 0.3 is 5.97 Å². The van der Waals surface area contributed by atoms with Crippen LogP contribution in [0.3, 0.4) is 0 Å². The van der Waals surface area contributed by atoms with E-state index in [9.17, 15) is 9.59 Å². The van der Waals surface area contributed by atoms with Gasteiger partial charge in [-0.3, -0.25) is 9.20 Å². The molecule has 0 aliphatic heterocycles. The van der Waals surface area contributed by atoms with Crippen LogP contribution in [0.4, 0.5) is 0 Å². The van der Waals surface area contributed by atoms with Crippen molar-refractivity contribution < 1.29 is 14.3 Å². The van der Waals surface area contributed by atoms with E-state index in [4.69, 9.17) is 9.47 Å². The Hall–Kier alpha value is -2.67. The van der Waals surface area contributed by atoms with Gasteiger partial charge in [0.2, 0.25) is 0 Å². The summed E-state index contributed by atoms with van der Waals surface area (Å²) in [6, 6.07) is 11.4. The van der Waals surface area contributed by atoms with Gasteiger partial charge in [0, 0.05) is 16.7 Å². The number of nitrogens with zero attached hydrogens (tertiary/aromatic N) is 2. The predicted octanol–water partition coefficient (Wildman–Crippen LogP) is 2.82. The van der Waals surface area contributed by atoms with Gasteiger partial charge in [0.25, 0.3) is 5.56 Å². The van der Waals surface area contributed by atoms with Crippen molar-refractivity contribution >= 4 is 27.5 Å². The second-order valence-corrected chi connectivity index (χ2v) is 5.88. The molecular formula is C17H13BrN2O4. The summed E-state index contributed by atoms with van der Waals surface area (Å²) in [6.07, 6.45) is 1.64. The zero-order chi connectivity index (χ0) is 17.1. The number of esters is 1. The molecule has 0 spiro atoms. The van der Waals surface area contributed by atoms with Crippen LogP contribution in [0.25, 0.3) is 5.65 Å². The second kappa shape index (κ2) is 6.84. The molecule has 3 rings (SSSR count). The van der Waals surface area contributed by atoms with Crippen LogP contribution in [0, 0.1) is 0 Å². The Morgan fingerprint density at radius 2 is 1.96 bits per heavy atom. The molecule has 0 atom stereocenters. The van der Waals surface area contributed by atoms with Crippen LogP contribution in [0.2, 0.25) is 0 Å². The third-order valence-corrected chi connectivity index (χ3v) is 3.82. The average Bonchev–Trinajstić information content (AvgIpc) is 2.60. The van der Waals surface area contributed by atoms with E-state index in [1.54, 1.807) is 49.7 Å². The highest BCUT2D eigenvalue weighted by molar-refractivity contribution is 9.10. The first-order valence-electron chi connectivity index (χ1n) is 7.06. The quantitative estimate of drug-likeness (QED) is 0.642. The average molecular weight is 389 g/mol. The van der Waals surface area contributed by atoms with Crippen molar-refractivity contribution in [2.75, 3.05) is 7.11 Å². The number of hydrogen-bond donors (Lipinski definition) is 0. The number of ether oxygens (including phenoxy) is 2. The summed E-state index contributed by atoms with van der Waals surface area (Å²) >= 11 is 3.31. The maximum absolute atomic E-state index is 12.1. The first-order valence-corrected chi connectivity index (χ1v) is 7.85. The van der Waals surface area contributed by atoms with Crippen LogP contribution >= 0.6 is 15.9 Å². The molecule has 0 aliphatic carbocycles. The van der Waals surface area contributed by atoms with Crippen molar-refractivity contribution in [3.05, 3.63) is 74.7 Å². The van der Waals surface area contributed by atoms with E-state index in [2.05, 4.69) is 20.9 Å². The molecule has 24 heavy (non-hydrogen) atoms. The summed E-state index contributed by atoms with van der Waals surface area (Å²) in [6.45, 7) is -0.0767. The number of fused-ring (bicyclic) bond motifs is 1. The summed E-state index contributed by atoms with van der Waals surface area (Å²) in [5.74, 6) is 0.164. The summed E-state index contributed by atoms with van der Waals surface area (Å²) in [5, 5.41) is 0. The molecule has 0 saturated heterocycles. The van der Waals surface area contributed by atoms with E-state index in [1.165, 1.54) is 10.5 Å². The molecule has 0 aliphatic rings. The number of carbonyl (C=O) groups is 1. The van der Waals surface area contributed by atoms with Crippen molar-refractivity contribution in [2.45, 2.75) is 6.61 Å². The highest BCUT2D eigenvalue weighted by Gasteiger charge is 2.09. The fourth-order valence-corrected chi connectivity index (χ4v) is 2.49. The van der Waals surface area contributed by atoms with Crippen molar-refractivity contribution in [1.29, 1.82) is 0 Å². The number of hydrogen-bond acceptors (Lipinski definition) is 5. The Balaban J connectivity index is 1.76. The maximum atomic E-state index is 12.1. The van der Waals surface area contributed by atoms with Crippen LogP contribution in [-0.4, -0.2) is 22.5 Å². The summed E-state index contributed by atoms with van der Waals surface area (Å²) < 4.78 is 12.4. The highest BCUT2D eigenvalue weighted by atomic mass is 79.9. The molecule has 3 aromatic rings. The number of aromatic nitrogens is 2. The van der Waals surface area contributed by atoms with Crippen molar-refractivity contribution in [2.24, 2.45) is 0 Å². The summed E-state index contributed by atoms with van der Waals surface area (Å²) in [4.78, 5) is 28.4. The van der Waals surface area contributed by atoms with Gasteiger partial charge < -0.3 is 9.47 Å². The summed E-state index contributed by atoms with van der Waals surface area (Å²) in [7, 11) is 1.55. The number of pyridine rings is 1. The van der Waals surface area contributed by atoms with E-state index < -0.39 is 5.97 Å². The number of rotatable bonds is 4. The lowest BCUT2D eigenvalue weighted by molar-refractivity contribution is 0.0467. The van der Waals surface area contributed by atoms with Gasteiger partial charge in [-0.15, -0.1) is 0 Å². The lowest BCUT2D eigenvalue weighted by atomic mass is 10.2. The molecule has 0 bridgehead atoms. The van der Waals surface area contributed by atoms with Crippen LogP contribution in [0.15, 0.2) is 57.9 Å². The van der Waals surface area contributed by atoms with E-state index in [0.29, 0.717) is 22.7 Å². The predicted molar refractivity (Wildman–Crippen MR) is 91.3 cm³/mol. The summed E-state index contributed by atoms with van der Waals surface area (Å²) in [5.41, 5.74) is 1.04. The first kappa shape index (κ1) is 16.2. The van der Waals surface area contributed by atoms with Crippen LogP contribution in [-0.2, 0) is 11.3 Å². The zero-order valence-electron chi connectivity index (χ0n) is 12.7. The van der Waals surface area contributed by atoms with Crippen LogP contribution < -0.4 is 10.3 Å². The number of benzene rings is 1. The molecule has 2 aromatic heterocycles. The van der Waals surface area contributed by atoms with Crippen LogP contribution in [0.1, 0.15) is 16.1 Å². The molecule has 0 fully saturated rings. The van der Waals surface area contributed by atoms with Gasteiger partial charge in [-0.25, -0.2) is 9.78 Å². The SMILES string of the molecule is COc1ccc(C(=O)OCc2cc(=O)n3cc(Br)ccc3n2)cc1. The minimum Gasteiger partial charge on any atom is -0.497 e. The van der Waals surface area contributed by atoms with Crippen LogP contribution in [0.5, 0.6) is 5.75 Å². The topological polar surface area (TPSA) is 69.9 Å². The first-order chi connectivity index (χ1) is 11.6. The molecule has 0 unspecified atom stereocenters. The minimum atomic E-state index is -0.490. The Bertz CT molecular complexity index is 951. The van der Waals surface area contributed by atoms with Crippen molar-refractivity contribution in [3.63, 3.8) is 0 Å². The van der Waals surface area contributed by atoms with E-state index in [-0.39, 0.29) is 12.2 Å². The Morgan fingerprint density at radius 1 is 1.21 bits per heavy atom. The van der Waals surface area contributed by atoms with E-state index in [1.807, 2.05) is 0 Å². The maximum Gasteiger partial charge on any atom is 0.338 e. The fraction of sp³-hybridized carbons (Fsp3) is 0.118. The standard InChI is InChI=1S/C17H13BrN2O4/c1-23-14-5-2-11(3-6-14)17(22)24-10-13-8-16(21)20-9-12(18)4-7-15(20)19-13/h2-9H,10H2,1H3. The van der Waals surface area contributed by atoms with Gasteiger partial charge in [0.1, 0.15) is 18.0 Å². The Kier molecular flexibility index (Phi) is 4.61. The third-order valence-electron chi connectivity index (χ3n) is 3.35. The molecule has 1 aromatic carbocycles. The smallest absolute Gasteiger partial charge is 0.338 e. The number of halogens is 1. The largest absolute Gasteiger partial charge is 0.497 e. The molecule has 0 saturated carbocycles. The van der Waals surface area contributed by atoms with Gasteiger partial charge in [-0.1, -0.05) is 0 Å². The lowest BCUT2D eigenvalue weighted by Gasteiger charge is -2.07. The Labute approximate surface area is 145 Å². The molecule has 7 heteroatoms. The van der Waals surface area contributed by atoms with Gasteiger partial charge in [0.05, 0.1) is 18.4 Å². The molecule has 2 heterocycles. The fourth-order valence-electron chi connectivity index (χ4n) is 2.15. The van der Waals surface area contributed by atoms with Gasteiger partial charge in [-0.2, -0.15) is 0 Å². The molecule has 0 N–H and O–H groups in total. The molecular weight excluding hydrogens is 376 g/mol. The third kappa shape index (κ3) is 3.46. The lowest BCUT2D eigenvalue weighted by Crippen LogP contribution is -2.16. The van der Waals surface area contributed by atoms with Gasteiger partial charge in [0.15, 0.2) is 0 Å². The number of methoxy groups -OCH3 is 1. The molecule has 0 amide bonds. The van der Waals surface area contributed by atoms with Crippen molar-refractivity contribution in [3.8, 4) is 5.75 Å². The number of carbonyl (C=O) groups excluding carboxylic acids is 1. The monoisotopic (exact) mass is 388 g/mol. The normalized spacial score (nSPS) is 10.6. The molecule has 122 valence electrons. The second-order valence-electron chi connectivity index (χ2n) is 4.97. The van der Waals surface area contributed by atoms with Gasteiger partial charge in [-0.05, 0) is 52.3 Å². The molecule has 6 nitrogen and oxygen atoms in total. The minimum absolute atomic E-state index is 0.0767. The highest BCUT2D eigenvalue weighted by Crippen LogP contribution is 2.13. The Morgan fingerprint density at radius 3 is 2.67 bits per heavy atom. The van der Waals surface area contributed by atoms with E-state index >= 15 is 0 Å². The van der Waals surface area contributed by atoms with E-state index in [0.717, 1.165) is 4.47 Å². The zero-order valence-corrected chi connectivity index (χ0v) is 14.3. The molecule has 0 radical (unpaired) electrons. The van der Waals surface area contributed by atoms with Crippen molar-refractivity contribution in [1.82, 2.24) is 9.38 Å².